The molecule has 1 amide bonds. The van der Waals surface area contributed by atoms with E-state index in [4.69, 9.17) is 4.52 Å². The Morgan fingerprint density at radius 2 is 1.91 bits per heavy atom. The topological polar surface area (TPSA) is 59.2 Å². The summed E-state index contributed by atoms with van der Waals surface area (Å²) in [5.74, 6) is 1.82. The van der Waals surface area contributed by atoms with Crippen LogP contribution in [-0.4, -0.2) is 34.0 Å². The van der Waals surface area contributed by atoms with E-state index >= 15 is 0 Å². The Morgan fingerprint density at radius 1 is 1.26 bits per heavy atom. The number of nitrogens with zero attached hydrogens (tertiary/aromatic N) is 3. The molecule has 1 aromatic heterocycles. The number of halogens is 1. The summed E-state index contributed by atoms with van der Waals surface area (Å²) in [6.45, 7) is 5.41. The molecular formula is C17H20BrN3O2. The zero-order chi connectivity index (χ0) is 16.4. The zero-order valence-corrected chi connectivity index (χ0v) is 14.9. The molecule has 3 rings (SSSR count). The number of hydrogen-bond acceptors (Lipinski definition) is 4. The lowest BCUT2D eigenvalue weighted by atomic mass is 9.96. The van der Waals surface area contributed by atoms with Crippen LogP contribution in [-0.2, 0) is 4.79 Å². The van der Waals surface area contributed by atoms with Crippen LogP contribution in [0.1, 0.15) is 38.5 Å². The van der Waals surface area contributed by atoms with Gasteiger partial charge in [0.2, 0.25) is 17.6 Å². The van der Waals surface area contributed by atoms with E-state index in [-0.39, 0.29) is 17.7 Å². The zero-order valence-electron chi connectivity index (χ0n) is 13.3. The molecule has 23 heavy (non-hydrogen) atoms. The number of piperidine rings is 1. The molecular weight excluding hydrogens is 358 g/mol. The van der Waals surface area contributed by atoms with Gasteiger partial charge in [0.15, 0.2) is 0 Å². The Labute approximate surface area is 144 Å². The highest BCUT2D eigenvalue weighted by Gasteiger charge is 2.28. The molecule has 0 spiro atoms. The summed E-state index contributed by atoms with van der Waals surface area (Å²) in [6, 6.07) is 7.84. The Hall–Kier alpha value is -1.69. The molecule has 1 fully saturated rings. The number of benzene rings is 1. The number of amides is 1. The molecule has 1 aromatic carbocycles. The minimum atomic E-state index is 0.0546. The van der Waals surface area contributed by atoms with E-state index in [1.807, 2.05) is 43.0 Å². The third kappa shape index (κ3) is 3.63. The van der Waals surface area contributed by atoms with Crippen LogP contribution in [0.15, 0.2) is 33.3 Å². The first-order valence-corrected chi connectivity index (χ1v) is 8.72. The van der Waals surface area contributed by atoms with Crippen LogP contribution >= 0.6 is 15.9 Å². The van der Waals surface area contributed by atoms with E-state index in [9.17, 15) is 4.79 Å². The number of likely N-dealkylation sites (tertiary alicyclic amines) is 1. The molecule has 0 radical (unpaired) electrons. The van der Waals surface area contributed by atoms with Gasteiger partial charge in [0, 0.05) is 35.0 Å². The number of carbonyl (C=O) groups excluding carboxylic acids is 1. The molecule has 6 heteroatoms. The maximum Gasteiger partial charge on any atom is 0.230 e. The van der Waals surface area contributed by atoms with Gasteiger partial charge in [-0.25, -0.2) is 0 Å². The third-order valence-corrected chi connectivity index (χ3v) is 4.72. The van der Waals surface area contributed by atoms with Gasteiger partial charge >= 0.3 is 0 Å². The minimum absolute atomic E-state index is 0.0546. The van der Waals surface area contributed by atoms with E-state index in [1.54, 1.807) is 0 Å². The highest BCUT2D eigenvalue weighted by atomic mass is 79.9. The lowest BCUT2D eigenvalue weighted by molar-refractivity contribution is -0.135. The summed E-state index contributed by atoms with van der Waals surface area (Å²) in [4.78, 5) is 18.5. The van der Waals surface area contributed by atoms with Crippen LogP contribution in [0, 0.1) is 5.92 Å². The van der Waals surface area contributed by atoms with Crippen molar-refractivity contribution >= 4 is 21.8 Å². The van der Waals surface area contributed by atoms with Crippen LogP contribution < -0.4 is 0 Å². The van der Waals surface area contributed by atoms with E-state index in [0.29, 0.717) is 11.7 Å². The largest absolute Gasteiger partial charge is 0.342 e. The van der Waals surface area contributed by atoms with E-state index < -0.39 is 0 Å². The van der Waals surface area contributed by atoms with Gasteiger partial charge in [0.05, 0.1) is 0 Å². The lowest BCUT2D eigenvalue weighted by Crippen LogP contribution is -2.40. The van der Waals surface area contributed by atoms with E-state index in [0.717, 1.165) is 36.0 Å². The Bertz CT molecular complexity index is 673. The molecule has 2 heterocycles. The van der Waals surface area contributed by atoms with Crippen LogP contribution in [0.4, 0.5) is 0 Å². The van der Waals surface area contributed by atoms with Crippen LogP contribution in [0.5, 0.6) is 0 Å². The van der Waals surface area contributed by atoms with Crippen LogP contribution in [0.25, 0.3) is 11.4 Å². The summed E-state index contributed by atoms with van der Waals surface area (Å²) in [7, 11) is 0. The molecule has 122 valence electrons. The predicted molar refractivity (Wildman–Crippen MR) is 90.8 cm³/mol. The quantitative estimate of drug-likeness (QED) is 0.814. The van der Waals surface area contributed by atoms with Crippen molar-refractivity contribution in [3.63, 3.8) is 0 Å². The van der Waals surface area contributed by atoms with E-state index in [1.165, 1.54) is 0 Å². The Morgan fingerprint density at radius 3 is 2.52 bits per heavy atom. The van der Waals surface area contributed by atoms with Crippen molar-refractivity contribution < 1.29 is 9.32 Å². The number of aromatic nitrogens is 2. The molecule has 0 aliphatic carbocycles. The van der Waals surface area contributed by atoms with Crippen molar-refractivity contribution in [2.24, 2.45) is 5.92 Å². The molecule has 0 unspecified atom stereocenters. The van der Waals surface area contributed by atoms with Gasteiger partial charge in [0.1, 0.15) is 0 Å². The summed E-state index contributed by atoms with van der Waals surface area (Å²) < 4.78 is 6.48. The van der Waals surface area contributed by atoms with Gasteiger partial charge in [-0.05, 0) is 37.1 Å². The molecule has 0 atom stereocenters. The Kier molecular flexibility index (Phi) is 4.80. The number of hydrogen-bond donors (Lipinski definition) is 0. The molecule has 0 N–H and O–H groups in total. The normalized spacial score (nSPS) is 16.1. The second-order valence-electron chi connectivity index (χ2n) is 6.22. The highest BCUT2D eigenvalue weighted by Crippen LogP contribution is 2.29. The SMILES string of the molecule is CC(C)C(=O)N1CCC(c2nc(-c3ccc(Br)cc3)no2)CC1. The molecule has 5 nitrogen and oxygen atoms in total. The molecule has 1 aliphatic rings. The minimum Gasteiger partial charge on any atom is -0.342 e. The first kappa shape index (κ1) is 16.2. The second kappa shape index (κ2) is 6.83. The fourth-order valence-corrected chi connectivity index (χ4v) is 3.09. The van der Waals surface area contributed by atoms with Gasteiger partial charge in [-0.3, -0.25) is 4.79 Å². The molecule has 0 bridgehead atoms. The molecule has 1 saturated heterocycles. The van der Waals surface area contributed by atoms with Gasteiger partial charge < -0.3 is 9.42 Å². The maximum atomic E-state index is 12.0. The third-order valence-electron chi connectivity index (χ3n) is 4.19. The number of rotatable bonds is 3. The van der Waals surface area contributed by atoms with Gasteiger partial charge in [-0.2, -0.15) is 4.98 Å². The van der Waals surface area contributed by atoms with E-state index in [2.05, 4.69) is 26.1 Å². The highest BCUT2D eigenvalue weighted by molar-refractivity contribution is 9.10. The fraction of sp³-hybridized carbons (Fsp3) is 0.471. The monoisotopic (exact) mass is 377 g/mol. The average Bonchev–Trinajstić information content (AvgIpc) is 3.05. The standard InChI is InChI=1S/C17H20BrN3O2/c1-11(2)17(22)21-9-7-13(8-10-21)16-19-15(20-23-16)12-3-5-14(18)6-4-12/h3-6,11,13H,7-10H2,1-2H3. The average molecular weight is 378 g/mol. The van der Waals surface area contributed by atoms with Crippen LogP contribution in [0.3, 0.4) is 0 Å². The first-order chi connectivity index (χ1) is 11.0. The van der Waals surface area contributed by atoms with Gasteiger partial charge in [-0.15, -0.1) is 0 Å². The van der Waals surface area contributed by atoms with Crippen molar-refractivity contribution in [1.29, 1.82) is 0 Å². The fourth-order valence-electron chi connectivity index (χ4n) is 2.83. The lowest BCUT2D eigenvalue weighted by Gasteiger charge is -2.31. The van der Waals surface area contributed by atoms with Gasteiger partial charge in [0.25, 0.3) is 0 Å². The summed E-state index contributed by atoms with van der Waals surface area (Å²) in [5.41, 5.74) is 0.940. The first-order valence-electron chi connectivity index (χ1n) is 7.93. The van der Waals surface area contributed by atoms with Crippen molar-refractivity contribution in [1.82, 2.24) is 15.0 Å². The molecule has 2 aromatic rings. The van der Waals surface area contributed by atoms with Crippen molar-refractivity contribution in [3.8, 4) is 11.4 Å². The Balaban J connectivity index is 1.66. The van der Waals surface area contributed by atoms with Crippen molar-refractivity contribution in [2.75, 3.05) is 13.1 Å². The summed E-state index contributed by atoms with van der Waals surface area (Å²) >= 11 is 3.42. The smallest absolute Gasteiger partial charge is 0.230 e. The second-order valence-corrected chi connectivity index (χ2v) is 7.13. The molecule has 1 aliphatic heterocycles. The summed E-state index contributed by atoms with van der Waals surface area (Å²) in [5, 5.41) is 4.09. The summed E-state index contributed by atoms with van der Waals surface area (Å²) in [6.07, 6.45) is 1.75. The predicted octanol–water partition coefficient (Wildman–Crippen LogP) is 3.86. The van der Waals surface area contributed by atoms with Gasteiger partial charge in [-0.1, -0.05) is 34.9 Å². The van der Waals surface area contributed by atoms with Crippen molar-refractivity contribution in [3.05, 3.63) is 34.6 Å². The number of carbonyl (C=O) groups is 1. The van der Waals surface area contributed by atoms with Crippen molar-refractivity contribution in [2.45, 2.75) is 32.6 Å². The molecule has 0 saturated carbocycles. The van der Waals surface area contributed by atoms with Crippen LogP contribution in [0.2, 0.25) is 0 Å². The maximum absolute atomic E-state index is 12.0.